The summed E-state index contributed by atoms with van der Waals surface area (Å²) in [5.74, 6) is 1.30. The van der Waals surface area contributed by atoms with Crippen molar-refractivity contribution in [1.29, 1.82) is 0 Å². The van der Waals surface area contributed by atoms with Gasteiger partial charge in [0.1, 0.15) is 11.8 Å². The molecule has 0 saturated heterocycles. The summed E-state index contributed by atoms with van der Waals surface area (Å²) in [5.41, 5.74) is 5.30. The van der Waals surface area contributed by atoms with Crippen molar-refractivity contribution in [3.8, 4) is 5.75 Å². The van der Waals surface area contributed by atoms with Crippen molar-refractivity contribution in [2.24, 2.45) is 0 Å². The first-order valence-electron chi connectivity index (χ1n) is 10.8. The van der Waals surface area contributed by atoms with E-state index in [1.165, 1.54) is 22.3 Å². The van der Waals surface area contributed by atoms with E-state index in [-0.39, 0.29) is 6.10 Å². The molecule has 0 radical (unpaired) electrons. The van der Waals surface area contributed by atoms with Crippen molar-refractivity contribution in [3.05, 3.63) is 100 Å². The predicted molar refractivity (Wildman–Crippen MR) is 127 cm³/mol. The molecule has 2 atom stereocenters. The molecule has 0 spiro atoms. The molecule has 0 aliphatic heterocycles. The maximum absolute atomic E-state index is 6.03. The summed E-state index contributed by atoms with van der Waals surface area (Å²) in [4.78, 5) is 0. The summed E-state index contributed by atoms with van der Waals surface area (Å²) in [6.07, 6.45) is 1.26. The second-order valence-electron chi connectivity index (χ2n) is 8.35. The number of hydrogen-bond donors (Lipinski definition) is 1. The third-order valence-corrected chi connectivity index (χ3v) is 5.76. The van der Waals surface area contributed by atoms with Gasteiger partial charge in [-0.15, -0.1) is 0 Å². The van der Waals surface area contributed by atoms with Crippen LogP contribution in [0.5, 0.6) is 5.75 Å². The minimum absolute atomic E-state index is 0.188. The Bertz CT molecular complexity index is 901. The van der Waals surface area contributed by atoms with E-state index >= 15 is 0 Å². The third-order valence-electron chi connectivity index (χ3n) is 5.51. The van der Waals surface area contributed by atoms with Gasteiger partial charge in [-0.25, -0.2) is 0 Å². The number of ether oxygens (including phenoxy) is 1. The molecule has 0 aromatic heterocycles. The fraction of sp³-hybridized carbons (Fsp3) is 0.333. The Balaban J connectivity index is 1.71. The minimum Gasteiger partial charge on any atom is -0.491 e. The molecule has 158 valence electrons. The fourth-order valence-corrected chi connectivity index (χ4v) is 3.92. The van der Waals surface area contributed by atoms with Gasteiger partial charge in [0.15, 0.2) is 0 Å². The van der Waals surface area contributed by atoms with E-state index < -0.39 is 0 Å². The van der Waals surface area contributed by atoms with Crippen LogP contribution in [0.1, 0.15) is 61.4 Å². The number of halogens is 1. The highest BCUT2D eigenvalue weighted by molar-refractivity contribution is 6.30. The summed E-state index contributed by atoms with van der Waals surface area (Å²) in [7, 11) is 0. The minimum atomic E-state index is 0.188. The molecule has 0 saturated carbocycles. The van der Waals surface area contributed by atoms with Crippen molar-refractivity contribution in [2.45, 2.75) is 52.2 Å². The lowest BCUT2D eigenvalue weighted by Crippen LogP contribution is -2.84. The van der Waals surface area contributed by atoms with Gasteiger partial charge in [-0.2, -0.15) is 0 Å². The van der Waals surface area contributed by atoms with Crippen LogP contribution in [0.15, 0.2) is 72.8 Å². The molecule has 2 N–H and O–H groups in total. The zero-order valence-corrected chi connectivity index (χ0v) is 19.2. The van der Waals surface area contributed by atoms with Gasteiger partial charge >= 0.3 is 0 Å². The molecule has 3 rings (SSSR count). The molecule has 3 heteroatoms. The molecule has 0 aliphatic carbocycles. The quantitative estimate of drug-likeness (QED) is 0.431. The molecule has 3 aromatic rings. The molecular formula is C27H33ClNO+. The van der Waals surface area contributed by atoms with Crippen molar-refractivity contribution in [1.82, 2.24) is 0 Å². The number of quaternary nitrogens is 1. The van der Waals surface area contributed by atoms with Crippen molar-refractivity contribution in [2.75, 3.05) is 6.54 Å². The first-order valence-corrected chi connectivity index (χ1v) is 11.2. The van der Waals surface area contributed by atoms with E-state index in [9.17, 15) is 0 Å². The van der Waals surface area contributed by atoms with Gasteiger partial charge < -0.3 is 10.1 Å². The second kappa shape index (κ2) is 10.7. The molecule has 0 aliphatic rings. The first-order chi connectivity index (χ1) is 14.4. The number of hydrogen-bond acceptors (Lipinski definition) is 1. The second-order valence-corrected chi connectivity index (χ2v) is 8.79. The lowest BCUT2D eigenvalue weighted by Gasteiger charge is -2.20. The van der Waals surface area contributed by atoms with Crippen molar-refractivity contribution < 1.29 is 10.1 Å². The summed E-state index contributed by atoms with van der Waals surface area (Å²) in [5, 5.41) is 3.20. The maximum Gasteiger partial charge on any atom is 0.119 e. The van der Waals surface area contributed by atoms with Gasteiger partial charge in [-0.05, 0) is 63.1 Å². The van der Waals surface area contributed by atoms with Crippen LogP contribution in [0.4, 0.5) is 0 Å². The van der Waals surface area contributed by atoms with E-state index in [4.69, 9.17) is 16.3 Å². The van der Waals surface area contributed by atoms with Gasteiger partial charge in [-0.1, -0.05) is 65.7 Å². The Morgan fingerprint density at radius 2 is 1.30 bits per heavy atom. The summed E-state index contributed by atoms with van der Waals surface area (Å²) < 4.78 is 5.82. The van der Waals surface area contributed by atoms with Gasteiger partial charge in [0, 0.05) is 22.9 Å². The van der Waals surface area contributed by atoms with E-state index in [0.29, 0.717) is 12.0 Å². The van der Waals surface area contributed by atoms with Crippen LogP contribution in [-0.4, -0.2) is 12.6 Å². The summed E-state index contributed by atoms with van der Waals surface area (Å²) >= 11 is 6.03. The van der Waals surface area contributed by atoms with Gasteiger partial charge in [0.05, 0.1) is 12.6 Å². The average Bonchev–Trinajstić information content (AvgIpc) is 2.73. The van der Waals surface area contributed by atoms with Crippen LogP contribution in [0, 0.1) is 6.92 Å². The molecular weight excluding hydrogens is 390 g/mol. The molecule has 0 fully saturated rings. The molecule has 2 nitrogen and oxygen atoms in total. The monoisotopic (exact) mass is 422 g/mol. The van der Waals surface area contributed by atoms with E-state index in [0.717, 1.165) is 23.7 Å². The Morgan fingerprint density at radius 1 is 0.767 bits per heavy atom. The first kappa shape index (κ1) is 22.4. The van der Waals surface area contributed by atoms with Crippen molar-refractivity contribution in [3.63, 3.8) is 0 Å². The lowest BCUT2D eigenvalue weighted by atomic mass is 9.88. The standard InChI is InChI=1S/C27H32ClNO/c1-19(2)30-26-15-11-24(12-16-26)27(23-7-5-20(3)6-8-23)17-18-29-21(4)22-9-13-25(28)14-10-22/h5-16,19,21,27,29H,17-18H2,1-4H3/p+1/t21-,27+/m1/s1. The number of nitrogens with two attached hydrogens (primary N) is 1. The highest BCUT2D eigenvalue weighted by Gasteiger charge is 2.17. The Hall–Kier alpha value is -2.29. The van der Waals surface area contributed by atoms with Gasteiger partial charge in [-0.3, -0.25) is 0 Å². The summed E-state index contributed by atoms with van der Waals surface area (Å²) in [6, 6.07) is 26.1. The van der Waals surface area contributed by atoms with Crippen LogP contribution in [0.25, 0.3) is 0 Å². The van der Waals surface area contributed by atoms with E-state index in [2.05, 4.69) is 93.7 Å². The van der Waals surface area contributed by atoms with Crippen LogP contribution >= 0.6 is 11.6 Å². The largest absolute Gasteiger partial charge is 0.491 e. The number of rotatable bonds is 9. The van der Waals surface area contributed by atoms with Crippen LogP contribution in [-0.2, 0) is 0 Å². The van der Waals surface area contributed by atoms with Gasteiger partial charge in [0.2, 0.25) is 0 Å². The zero-order chi connectivity index (χ0) is 21.5. The van der Waals surface area contributed by atoms with Gasteiger partial charge in [0.25, 0.3) is 0 Å². The third kappa shape index (κ3) is 6.35. The maximum atomic E-state index is 6.03. The Kier molecular flexibility index (Phi) is 7.95. The molecule has 0 bridgehead atoms. The number of aryl methyl sites for hydroxylation is 1. The molecule has 0 amide bonds. The normalized spacial score (nSPS) is 13.3. The van der Waals surface area contributed by atoms with Crippen LogP contribution in [0.3, 0.4) is 0 Å². The highest BCUT2D eigenvalue weighted by Crippen LogP contribution is 2.29. The molecule has 3 aromatic carbocycles. The van der Waals surface area contributed by atoms with Crippen LogP contribution in [0.2, 0.25) is 5.02 Å². The molecule has 0 unspecified atom stereocenters. The van der Waals surface area contributed by atoms with Crippen LogP contribution < -0.4 is 10.1 Å². The van der Waals surface area contributed by atoms with E-state index in [1.54, 1.807) is 0 Å². The topological polar surface area (TPSA) is 25.8 Å². The Morgan fingerprint density at radius 3 is 1.87 bits per heavy atom. The highest BCUT2D eigenvalue weighted by atomic mass is 35.5. The SMILES string of the molecule is Cc1ccc([C@H](CC[NH2+][C@H](C)c2ccc(Cl)cc2)c2ccc(OC(C)C)cc2)cc1. The number of benzene rings is 3. The average molecular weight is 423 g/mol. The smallest absolute Gasteiger partial charge is 0.119 e. The lowest BCUT2D eigenvalue weighted by molar-refractivity contribution is -0.693. The fourth-order valence-electron chi connectivity index (χ4n) is 3.79. The van der Waals surface area contributed by atoms with Crippen molar-refractivity contribution >= 4 is 11.6 Å². The molecule has 30 heavy (non-hydrogen) atoms. The molecule has 0 heterocycles. The van der Waals surface area contributed by atoms with E-state index in [1.807, 2.05) is 12.1 Å². The predicted octanol–water partition coefficient (Wildman–Crippen LogP) is 6.28. The zero-order valence-electron chi connectivity index (χ0n) is 18.4. The summed E-state index contributed by atoms with van der Waals surface area (Å²) in [6.45, 7) is 9.55. The Labute approximate surface area is 186 Å².